The Hall–Kier alpha value is -1.40. The number of hydrogen-bond donors (Lipinski definition) is 1. The van der Waals surface area contributed by atoms with E-state index in [4.69, 9.17) is 23.8 Å². The second-order valence-electron chi connectivity index (χ2n) is 3.69. The lowest BCUT2D eigenvalue weighted by molar-refractivity contribution is -0.140. The fourth-order valence-corrected chi connectivity index (χ4v) is 2.14. The van der Waals surface area contributed by atoms with Crippen LogP contribution >= 0.6 is 23.8 Å². The zero-order chi connectivity index (χ0) is 13.3. The molecule has 0 radical (unpaired) electrons. The van der Waals surface area contributed by atoms with Crippen molar-refractivity contribution in [3.63, 3.8) is 0 Å². The summed E-state index contributed by atoms with van der Waals surface area (Å²) in [7, 11) is 1.32. The van der Waals surface area contributed by atoms with Crippen molar-refractivity contribution in [1.82, 2.24) is 9.55 Å². The molecule has 1 N–H and O–H groups in total. The van der Waals surface area contributed by atoms with E-state index in [0.717, 1.165) is 0 Å². The molecule has 0 aliphatic rings. The molecule has 0 unspecified atom stereocenters. The molecule has 0 bridgehead atoms. The maximum atomic E-state index is 13.3. The monoisotopic (exact) mass is 288 g/mol. The fourth-order valence-electron chi connectivity index (χ4n) is 1.68. The Morgan fingerprint density at radius 3 is 3.00 bits per heavy atom. The first-order valence-electron chi connectivity index (χ1n) is 5.17. The Labute approximate surface area is 112 Å². The molecule has 7 heteroatoms. The lowest BCUT2D eigenvalue weighted by Gasteiger charge is -2.04. The minimum Gasteiger partial charge on any atom is -0.469 e. The number of rotatable bonds is 3. The molecule has 2 rings (SSSR count). The van der Waals surface area contributed by atoms with Crippen molar-refractivity contribution in [3.05, 3.63) is 27.7 Å². The summed E-state index contributed by atoms with van der Waals surface area (Å²) in [6, 6.07) is 2.76. The standard InChI is InChI=1S/C11H10ClFN2O2S/c1-17-10(16)2-3-15-9-4-6(12)7(13)5-8(9)14-11(15)18/h4-5H,2-3H2,1H3,(H,14,18). The molecule has 2 aromatic rings. The van der Waals surface area contributed by atoms with Gasteiger partial charge in [0, 0.05) is 12.6 Å². The third-order valence-corrected chi connectivity index (χ3v) is 3.20. The van der Waals surface area contributed by atoms with Gasteiger partial charge < -0.3 is 14.3 Å². The van der Waals surface area contributed by atoms with Gasteiger partial charge in [-0.3, -0.25) is 4.79 Å². The summed E-state index contributed by atoms with van der Waals surface area (Å²) in [5, 5.41) is 0.0170. The van der Waals surface area contributed by atoms with Gasteiger partial charge in [0.15, 0.2) is 4.77 Å². The maximum Gasteiger partial charge on any atom is 0.307 e. The van der Waals surface area contributed by atoms with Gasteiger partial charge in [0.2, 0.25) is 0 Å². The molecule has 96 valence electrons. The highest BCUT2D eigenvalue weighted by molar-refractivity contribution is 7.71. The average molecular weight is 289 g/mol. The number of methoxy groups -OCH3 is 1. The molecule has 0 saturated heterocycles. The first kappa shape index (κ1) is 13.0. The molecule has 0 spiro atoms. The number of nitrogens with zero attached hydrogens (tertiary/aromatic N) is 1. The lowest BCUT2D eigenvalue weighted by atomic mass is 10.3. The van der Waals surface area contributed by atoms with Gasteiger partial charge in [-0.1, -0.05) is 11.6 Å². The summed E-state index contributed by atoms with van der Waals surface area (Å²) in [5.41, 5.74) is 1.21. The first-order valence-corrected chi connectivity index (χ1v) is 5.96. The van der Waals surface area contributed by atoms with Crippen LogP contribution in [0, 0.1) is 10.6 Å². The molecule has 4 nitrogen and oxygen atoms in total. The summed E-state index contributed by atoms with van der Waals surface area (Å²) in [4.78, 5) is 14.0. The highest BCUT2D eigenvalue weighted by atomic mass is 35.5. The number of ether oxygens (including phenoxy) is 1. The number of hydrogen-bond acceptors (Lipinski definition) is 3. The Morgan fingerprint density at radius 2 is 2.33 bits per heavy atom. The van der Waals surface area contributed by atoms with E-state index in [-0.39, 0.29) is 17.4 Å². The molecular formula is C11H10ClFN2O2S. The molecule has 0 fully saturated rings. The molecule has 1 aromatic heterocycles. The second kappa shape index (κ2) is 5.07. The minimum absolute atomic E-state index is 0.0170. The molecule has 1 heterocycles. The van der Waals surface area contributed by atoms with E-state index in [2.05, 4.69) is 9.72 Å². The number of halogens is 2. The number of aromatic amines is 1. The SMILES string of the molecule is COC(=O)CCn1c(=S)[nH]c2cc(F)c(Cl)cc21. The normalized spacial score (nSPS) is 10.8. The van der Waals surface area contributed by atoms with Crippen LogP contribution in [0.25, 0.3) is 11.0 Å². The van der Waals surface area contributed by atoms with E-state index in [9.17, 15) is 9.18 Å². The summed E-state index contributed by atoms with van der Waals surface area (Å²) in [5.74, 6) is -0.847. The number of imidazole rings is 1. The molecule has 0 amide bonds. The number of H-pyrrole nitrogens is 1. The fraction of sp³-hybridized carbons (Fsp3) is 0.273. The predicted molar refractivity (Wildman–Crippen MR) is 68.7 cm³/mol. The van der Waals surface area contributed by atoms with Crippen LogP contribution in [-0.2, 0) is 16.1 Å². The Kier molecular flexibility index (Phi) is 3.68. The number of aromatic nitrogens is 2. The van der Waals surface area contributed by atoms with Crippen LogP contribution in [0.5, 0.6) is 0 Å². The lowest BCUT2D eigenvalue weighted by Crippen LogP contribution is -2.07. The van der Waals surface area contributed by atoms with Crippen LogP contribution in [0.4, 0.5) is 4.39 Å². The zero-order valence-electron chi connectivity index (χ0n) is 9.50. The number of carbonyl (C=O) groups is 1. The number of fused-ring (bicyclic) bond motifs is 1. The van der Waals surface area contributed by atoms with E-state index >= 15 is 0 Å². The van der Waals surface area contributed by atoms with Gasteiger partial charge in [-0.25, -0.2) is 4.39 Å². The van der Waals surface area contributed by atoms with Crippen LogP contribution in [0.15, 0.2) is 12.1 Å². The Balaban J connectivity index is 2.44. The van der Waals surface area contributed by atoms with E-state index < -0.39 is 5.82 Å². The van der Waals surface area contributed by atoms with E-state index in [1.54, 1.807) is 4.57 Å². The zero-order valence-corrected chi connectivity index (χ0v) is 11.1. The van der Waals surface area contributed by atoms with Gasteiger partial charge in [0.1, 0.15) is 5.82 Å². The first-order chi connectivity index (χ1) is 8.52. The Bertz CT molecular complexity index is 665. The molecule has 1 aromatic carbocycles. The third kappa shape index (κ3) is 2.39. The van der Waals surface area contributed by atoms with E-state index in [1.165, 1.54) is 19.2 Å². The molecule has 18 heavy (non-hydrogen) atoms. The Morgan fingerprint density at radius 1 is 1.61 bits per heavy atom. The highest BCUT2D eigenvalue weighted by Crippen LogP contribution is 2.23. The molecule has 0 atom stereocenters. The highest BCUT2D eigenvalue weighted by Gasteiger charge is 2.10. The summed E-state index contributed by atoms with van der Waals surface area (Å²) in [6.07, 6.45) is 0.187. The van der Waals surface area contributed by atoms with Gasteiger partial charge in [-0.05, 0) is 18.3 Å². The van der Waals surface area contributed by atoms with Crippen LogP contribution in [0.1, 0.15) is 6.42 Å². The van der Waals surface area contributed by atoms with Gasteiger partial charge in [-0.2, -0.15) is 0 Å². The van der Waals surface area contributed by atoms with Gasteiger partial charge in [0.25, 0.3) is 0 Å². The van der Waals surface area contributed by atoms with Crippen LogP contribution in [-0.4, -0.2) is 22.6 Å². The molecule has 0 saturated carbocycles. The van der Waals surface area contributed by atoms with Gasteiger partial charge in [0.05, 0.1) is 29.6 Å². The summed E-state index contributed by atoms with van der Waals surface area (Å²) >= 11 is 10.8. The summed E-state index contributed by atoms with van der Waals surface area (Å²) in [6.45, 7) is 0.355. The molecule has 0 aliphatic carbocycles. The van der Waals surface area contributed by atoms with Crippen molar-refractivity contribution in [2.24, 2.45) is 0 Å². The quantitative estimate of drug-likeness (QED) is 0.697. The third-order valence-electron chi connectivity index (χ3n) is 2.58. The number of carbonyl (C=O) groups excluding carboxylic acids is 1. The largest absolute Gasteiger partial charge is 0.469 e. The molecular weight excluding hydrogens is 279 g/mol. The average Bonchev–Trinajstić information content (AvgIpc) is 2.62. The number of nitrogens with one attached hydrogen (secondary N) is 1. The topological polar surface area (TPSA) is 47.0 Å². The van der Waals surface area contributed by atoms with Crippen molar-refractivity contribution in [2.45, 2.75) is 13.0 Å². The number of benzene rings is 1. The van der Waals surface area contributed by atoms with Crippen LogP contribution in [0.3, 0.4) is 0 Å². The van der Waals surface area contributed by atoms with Crippen LogP contribution in [0.2, 0.25) is 5.02 Å². The number of aryl methyl sites for hydroxylation is 1. The smallest absolute Gasteiger partial charge is 0.307 e. The van der Waals surface area contributed by atoms with Crippen molar-refractivity contribution >= 4 is 40.8 Å². The van der Waals surface area contributed by atoms with Gasteiger partial charge >= 0.3 is 5.97 Å². The number of esters is 1. The minimum atomic E-state index is -0.513. The predicted octanol–water partition coefficient (Wildman–Crippen LogP) is 3.05. The van der Waals surface area contributed by atoms with E-state index in [1.807, 2.05) is 0 Å². The maximum absolute atomic E-state index is 13.3. The van der Waals surface area contributed by atoms with E-state index in [0.29, 0.717) is 22.3 Å². The van der Waals surface area contributed by atoms with Crippen molar-refractivity contribution in [2.75, 3.05) is 7.11 Å². The summed E-state index contributed by atoms with van der Waals surface area (Å²) < 4.78 is 19.9. The van der Waals surface area contributed by atoms with Crippen LogP contribution < -0.4 is 0 Å². The van der Waals surface area contributed by atoms with Gasteiger partial charge in [-0.15, -0.1) is 0 Å². The van der Waals surface area contributed by atoms with Crippen molar-refractivity contribution in [3.8, 4) is 0 Å². The van der Waals surface area contributed by atoms with Crippen molar-refractivity contribution in [1.29, 1.82) is 0 Å². The second-order valence-corrected chi connectivity index (χ2v) is 4.49. The molecule has 0 aliphatic heterocycles. The van der Waals surface area contributed by atoms with Crippen molar-refractivity contribution < 1.29 is 13.9 Å².